The Morgan fingerprint density at radius 2 is 2.15 bits per heavy atom. The molecule has 1 heterocycles. The summed E-state index contributed by atoms with van der Waals surface area (Å²) in [5.74, 6) is 1.96. The lowest BCUT2D eigenvalue weighted by Crippen LogP contribution is -2.02. The van der Waals surface area contributed by atoms with E-state index in [9.17, 15) is 0 Å². The van der Waals surface area contributed by atoms with E-state index < -0.39 is 0 Å². The lowest BCUT2D eigenvalue weighted by atomic mass is 10.2. The minimum absolute atomic E-state index is 0.776. The summed E-state index contributed by atoms with van der Waals surface area (Å²) in [6.07, 6.45) is 4.93. The van der Waals surface area contributed by atoms with Crippen LogP contribution in [0.5, 0.6) is 0 Å². The molecule has 0 saturated carbocycles. The highest BCUT2D eigenvalue weighted by molar-refractivity contribution is 9.09. The number of hydrogen-bond acceptors (Lipinski definition) is 2. The van der Waals surface area contributed by atoms with Gasteiger partial charge >= 0.3 is 0 Å². The second kappa shape index (κ2) is 6.44. The summed E-state index contributed by atoms with van der Waals surface area (Å²) in [4.78, 5) is 5.30. The Balaban J connectivity index is 2.34. The Hall–Kier alpha value is -0.0200. The third kappa shape index (κ3) is 4.14. The molecular formula is C10H14BrNS. The number of rotatable bonds is 5. The van der Waals surface area contributed by atoms with Gasteiger partial charge in [-0.25, -0.2) is 0 Å². The number of halogens is 1. The van der Waals surface area contributed by atoms with Crippen LogP contribution in [-0.2, 0) is 0 Å². The summed E-state index contributed by atoms with van der Waals surface area (Å²) in [7, 11) is 0. The normalized spacial score (nSPS) is 12.8. The molecule has 0 aliphatic carbocycles. The van der Waals surface area contributed by atoms with Crippen LogP contribution in [0.4, 0.5) is 0 Å². The van der Waals surface area contributed by atoms with Crippen molar-refractivity contribution in [1.82, 2.24) is 4.98 Å². The van der Waals surface area contributed by atoms with Crippen LogP contribution in [0.25, 0.3) is 0 Å². The molecule has 1 rings (SSSR count). The molecule has 0 amide bonds. The Morgan fingerprint density at radius 3 is 2.69 bits per heavy atom. The van der Waals surface area contributed by atoms with E-state index >= 15 is 0 Å². The number of alkyl halides is 1. The van der Waals surface area contributed by atoms with E-state index in [4.69, 9.17) is 0 Å². The molecular weight excluding hydrogens is 246 g/mol. The van der Waals surface area contributed by atoms with Crippen LogP contribution in [0.2, 0.25) is 0 Å². The SMILES string of the molecule is CCC(CBr)CSc1ccncc1. The smallest absolute Gasteiger partial charge is 0.0278 e. The van der Waals surface area contributed by atoms with Crippen molar-refractivity contribution in [3.05, 3.63) is 24.5 Å². The van der Waals surface area contributed by atoms with Crippen molar-refractivity contribution in [2.24, 2.45) is 5.92 Å². The minimum Gasteiger partial charge on any atom is -0.265 e. The quantitative estimate of drug-likeness (QED) is 0.592. The number of hydrogen-bond donors (Lipinski definition) is 0. The van der Waals surface area contributed by atoms with E-state index in [1.165, 1.54) is 17.1 Å². The average Bonchev–Trinajstić information content (AvgIpc) is 2.21. The van der Waals surface area contributed by atoms with Gasteiger partial charge in [0.1, 0.15) is 0 Å². The predicted octanol–water partition coefficient (Wildman–Crippen LogP) is 3.59. The van der Waals surface area contributed by atoms with Gasteiger partial charge in [-0.15, -0.1) is 11.8 Å². The first-order valence-electron chi connectivity index (χ1n) is 4.45. The monoisotopic (exact) mass is 259 g/mol. The molecule has 1 atom stereocenters. The third-order valence-electron chi connectivity index (χ3n) is 1.93. The van der Waals surface area contributed by atoms with E-state index in [0.29, 0.717) is 0 Å². The van der Waals surface area contributed by atoms with Crippen molar-refractivity contribution in [3.63, 3.8) is 0 Å². The van der Waals surface area contributed by atoms with Crippen LogP contribution in [0.3, 0.4) is 0 Å². The van der Waals surface area contributed by atoms with Gasteiger partial charge in [-0.3, -0.25) is 4.98 Å². The Kier molecular flexibility index (Phi) is 5.47. The molecule has 0 aliphatic rings. The van der Waals surface area contributed by atoms with Gasteiger partial charge in [-0.2, -0.15) is 0 Å². The van der Waals surface area contributed by atoms with Gasteiger partial charge in [-0.1, -0.05) is 29.3 Å². The maximum atomic E-state index is 3.99. The first-order chi connectivity index (χ1) is 6.36. The third-order valence-corrected chi connectivity index (χ3v) is 4.09. The van der Waals surface area contributed by atoms with E-state index in [1.807, 2.05) is 24.2 Å². The van der Waals surface area contributed by atoms with E-state index in [0.717, 1.165) is 11.2 Å². The van der Waals surface area contributed by atoms with Crippen LogP contribution in [0.15, 0.2) is 29.4 Å². The van der Waals surface area contributed by atoms with E-state index in [-0.39, 0.29) is 0 Å². The van der Waals surface area contributed by atoms with Crippen molar-refractivity contribution >= 4 is 27.7 Å². The molecule has 1 aromatic rings. The van der Waals surface area contributed by atoms with Gasteiger partial charge in [0.2, 0.25) is 0 Å². The molecule has 0 spiro atoms. The summed E-state index contributed by atoms with van der Waals surface area (Å²) in [6.45, 7) is 2.24. The zero-order valence-corrected chi connectivity index (χ0v) is 10.1. The zero-order valence-electron chi connectivity index (χ0n) is 7.74. The molecule has 0 fully saturated rings. The Morgan fingerprint density at radius 1 is 1.46 bits per heavy atom. The maximum absolute atomic E-state index is 3.99. The molecule has 1 aromatic heterocycles. The van der Waals surface area contributed by atoms with Crippen molar-refractivity contribution in [3.8, 4) is 0 Å². The summed E-state index contributed by atoms with van der Waals surface area (Å²) in [5, 5.41) is 1.10. The number of nitrogens with zero attached hydrogens (tertiary/aromatic N) is 1. The standard InChI is InChI=1S/C10H14BrNS/c1-2-9(7-11)8-13-10-3-5-12-6-4-10/h3-6,9H,2,7-8H2,1H3. The summed E-state index contributed by atoms with van der Waals surface area (Å²) < 4.78 is 0. The fraction of sp³-hybridized carbons (Fsp3) is 0.500. The number of pyridine rings is 1. The average molecular weight is 260 g/mol. The van der Waals surface area contributed by atoms with Crippen LogP contribution < -0.4 is 0 Å². The first kappa shape index (κ1) is 11.1. The summed E-state index contributed by atoms with van der Waals surface area (Å²) in [6, 6.07) is 4.12. The molecule has 1 nitrogen and oxygen atoms in total. The maximum Gasteiger partial charge on any atom is 0.0278 e. The molecule has 0 N–H and O–H groups in total. The predicted molar refractivity (Wildman–Crippen MR) is 62.5 cm³/mol. The topological polar surface area (TPSA) is 12.9 Å². The van der Waals surface area contributed by atoms with Crippen LogP contribution in [-0.4, -0.2) is 16.1 Å². The first-order valence-corrected chi connectivity index (χ1v) is 6.56. The molecule has 0 aromatic carbocycles. The minimum atomic E-state index is 0.776. The van der Waals surface area contributed by atoms with Crippen LogP contribution in [0.1, 0.15) is 13.3 Å². The Bertz CT molecular complexity index is 224. The lowest BCUT2D eigenvalue weighted by molar-refractivity contribution is 0.652. The van der Waals surface area contributed by atoms with Gasteiger partial charge in [0.05, 0.1) is 0 Å². The van der Waals surface area contributed by atoms with Gasteiger partial charge in [0.15, 0.2) is 0 Å². The Labute approximate surface area is 92.5 Å². The van der Waals surface area contributed by atoms with Gasteiger partial charge in [0, 0.05) is 28.4 Å². The van der Waals surface area contributed by atoms with E-state index in [1.54, 1.807) is 0 Å². The molecule has 13 heavy (non-hydrogen) atoms. The van der Waals surface area contributed by atoms with Crippen molar-refractivity contribution in [2.75, 3.05) is 11.1 Å². The lowest BCUT2D eigenvalue weighted by Gasteiger charge is -2.09. The summed E-state index contributed by atoms with van der Waals surface area (Å²) >= 11 is 5.43. The second-order valence-corrected chi connectivity index (χ2v) is 4.66. The zero-order chi connectivity index (χ0) is 9.52. The molecule has 0 bridgehead atoms. The van der Waals surface area contributed by atoms with Crippen molar-refractivity contribution < 1.29 is 0 Å². The summed E-state index contributed by atoms with van der Waals surface area (Å²) in [5.41, 5.74) is 0. The molecule has 0 aliphatic heterocycles. The fourth-order valence-corrected chi connectivity index (χ4v) is 3.01. The van der Waals surface area contributed by atoms with Gasteiger partial charge < -0.3 is 0 Å². The highest BCUT2D eigenvalue weighted by Crippen LogP contribution is 2.21. The number of thioether (sulfide) groups is 1. The van der Waals surface area contributed by atoms with Crippen LogP contribution >= 0.6 is 27.7 Å². The highest BCUT2D eigenvalue weighted by Gasteiger charge is 2.04. The number of aromatic nitrogens is 1. The highest BCUT2D eigenvalue weighted by atomic mass is 79.9. The van der Waals surface area contributed by atoms with Crippen molar-refractivity contribution in [2.45, 2.75) is 18.2 Å². The molecule has 3 heteroatoms. The fourth-order valence-electron chi connectivity index (χ4n) is 0.920. The van der Waals surface area contributed by atoms with E-state index in [2.05, 4.69) is 40.0 Å². The van der Waals surface area contributed by atoms with Gasteiger partial charge in [-0.05, 0) is 18.1 Å². The molecule has 0 radical (unpaired) electrons. The second-order valence-electron chi connectivity index (χ2n) is 2.92. The molecule has 72 valence electrons. The van der Waals surface area contributed by atoms with Gasteiger partial charge in [0.25, 0.3) is 0 Å². The largest absolute Gasteiger partial charge is 0.265 e. The molecule has 0 saturated heterocycles. The van der Waals surface area contributed by atoms with Crippen LogP contribution in [0, 0.1) is 5.92 Å². The molecule has 1 unspecified atom stereocenters. The van der Waals surface area contributed by atoms with Crippen molar-refractivity contribution in [1.29, 1.82) is 0 Å².